The third-order valence-electron chi connectivity index (χ3n) is 6.67. The Morgan fingerprint density at radius 2 is 1.80 bits per heavy atom. The Morgan fingerprint density at radius 3 is 2.64 bits per heavy atom. The Labute approximate surface area is 148 Å². The number of hydrogen-bond donors (Lipinski definition) is 1. The van der Waals surface area contributed by atoms with Gasteiger partial charge in [-0.15, -0.1) is 0 Å². The van der Waals surface area contributed by atoms with E-state index in [0.717, 1.165) is 25.8 Å². The van der Waals surface area contributed by atoms with E-state index in [4.69, 9.17) is 5.73 Å². The van der Waals surface area contributed by atoms with Crippen LogP contribution in [-0.2, 0) is 16.6 Å². The Hall–Kier alpha value is -2.13. The monoisotopic (exact) mass is 332 g/mol. The SMILES string of the molecule is N[C@@H]1CN(C(=O)C2CC23CCc2ccccc23)C[C@H]1c1ccccc1. The normalized spacial score (nSPS) is 32.8. The fourth-order valence-electron chi connectivity index (χ4n) is 5.20. The second-order valence-electron chi connectivity index (χ2n) is 7.99. The number of benzene rings is 2. The molecule has 1 aliphatic heterocycles. The summed E-state index contributed by atoms with van der Waals surface area (Å²) in [6, 6.07) is 19.1. The molecule has 2 aliphatic carbocycles. The zero-order valence-electron chi connectivity index (χ0n) is 14.4. The van der Waals surface area contributed by atoms with E-state index in [2.05, 4.69) is 48.5 Å². The fourth-order valence-corrected chi connectivity index (χ4v) is 5.20. The molecule has 0 bridgehead atoms. The van der Waals surface area contributed by atoms with Crippen LogP contribution < -0.4 is 5.73 Å². The lowest BCUT2D eigenvalue weighted by Crippen LogP contribution is -2.34. The van der Waals surface area contributed by atoms with Crippen molar-refractivity contribution in [3.63, 3.8) is 0 Å². The van der Waals surface area contributed by atoms with Crippen LogP contribution >= 0.6 is 0 Å². The number of nitrogens with two attached hydrogens (primary N) is 1. The summed E-state index contributed by atoms with van der Waals surface area (Å²) in [6.45, 7) is 1.45. The minimum atomic E-state index is 0.0388. The van der Waals surface area contributed by atoms with Crippen molar-refractivity contribution in [3.8, 4) is 0 Å². The topological polar surface area (TPSA) is 46.3 Å². The summed E-state index contributed by atoms with van der Waals surface area (Å²) in [5.74, 6) is 0.749. The molecule has 2 unspecified atom stereocenters. The van der Waals surface area contributed by atoms with Crippen LogP contribution in [0.2, 0.25) is 0 Å². The summed E-state index contributed by atoms with van der Waals surface area (Å²) in [4.78, 5) is 15.2. The van der Waals surface area contributed by atoms with E-state index >= 15 is 0 Å². The molecule has 128 valence electrons. The van der Waals surface area contributed by atoms with Gasteiger partial charge in [0.15, 0.2) is 0 Å². The first kappa shape index (κ1) is 15.2. The molecule has 2 fully saturated rings. The first-order valence-electron chi connectivity index (χ1n) is 9.37. The van der Waals surface area contributed by atoms with Gasteiger partial charge in [0, 0.05) is 36.4 Å². The van der Waals surface area contributed by atoms with Gasteiger partial charge in [-0.25, -0.2) is 0 Å². The highest BCUT2D eigenvalue weighted by Crippen LogP contribution is 2.62. The van der Waals surface area contributed by atoms with Crippen LogP contribution in [0, 0.1) is 5.92 Å². The summed E-state index contributed by atoms with van der Waals surface area (Å²) in [5.41, 5.74) is 10.6. The largest absolute Gasteiger partial charge is 0.340 e. The van der Waals surface area contributed by atoms with Gasteiger partial charge in [-0.05, 0) is 36.0 Å². The van der Waals surface area contributed by atoms with Crippen molar-refractivity contribution in [2.45, 2.75) is 36.6 Å². The number of nitrogens with zero attached hydrogens (tertiary/aromatic N) is 1. The van der Waals surface area contributed by atoms with E-state index in [0.29, 0.717) is 12.5 Å². The Morgan fingerprint density at radius 1 is 1.04 bits per heavy atom. The third-order valence-corrected chi connectivity index (χ3v) is 6.67. The lowest BCUT2D eigenvalue weighted by Gasteiger charge is -2.19. The Bertz CT molecular complexity index is 818. The van der Waals surface area contributed by atoms with Crippen molar-refractivity contribution in [3.05, 3.63) is 71.3 Å². The van der Waals surface area contributed by atoms with Gasteiger partial charge in [-0.2, -0.15) is 0 Å². The molecule has 4 atom stereocenters. The van der Waals surface area contributed by atoms with E-state index in [9.17, 15) is 4.79 Å². The molecule has 1 heterocycles. The minimum Gasteiger partial charge on any atom is -0.340 e. The predicted molar refractivity (Wildman–Crippen MR) is 98.3 cm³/mol. The molecule has 1 saturated heterocycles. The number of rotatable bonds is 2. The van der Waals surface area contributed by atoms with E-state index in [-0.39, 0.29) is 23.3 Å². The molecule has 2 aromatic rings. The van der Waals surface area contributed by atoms with Gasteiger partial charge in [0.2, 0.25) is 5.91 Å². The van der Waals surface area contributed by atoms with Gasteiger partial charge in [0.05, 0.1) is 0 Å². The highest BCUT2D eigenvalue weighted by Gasteiger charge is 2.62. The van der Waals surface area contributed by atoms with Gasteiger partial charge in [0.25, 0.3) is 0 Å². The number of hydrogen-bond acceptors (Lipinski definition) is 2. The number of carbonyl (C=O) groups is 1. The standard InChI is InChI=1S/C22H24N2O/c23-20-14-24(13-17(20)15-6-2-1-3-7-15)21(25)19-12-22(19)11-10-16-8-4-5-9-18(16)22/h1-9,17,19-20H,10-14,23H2/t17-,19?,20+,22?/m0/s1. The number of aryl methyl sites for hydroxylation is 1. The minimum absolute atomic E-state index is 0.0388. The second-order valence-corrected chi connectivity index (χ2v) is 7.99. The van der Waals surface area contributed by atoms with Crippen LogP contribution in [-0.4, -0.2) is 29.9 Å². The zero-order chi connectivity index (χ0) is 17.0. The highest BCUT2D eigenvalue weighted by molar-refractivity contribution is 5.85. The highest BCUT2D eigenvalue weighted by atomic mass is 16.2. The van der Waals surface area contributed by atoms with Gasteiger partial charge in [-0.3, -0.25) is 4.79 Å². The molecule has 0 radical (unpaired) electrons. The van der Waals surface area contributed by atoms with Gasteiger partial charge in [-0.1, -0.05) is 54.6 Å². The van der Waals surface area contributed by atoms with E-state index in [1.54, 1.807) is 0 Å². The summed E-state index contributed by atoms with van der Waals surface area (Å²) in [7, 11) is 0. The van der Waals surface area contributed by atoms with Gasteiger partial charge >= 0.3 is 0 Å². The molecule has 25 heavy (non-hydrogen) atoms. The van der Waals surface area contributed by atoms with Crippen molar-refractivity contribution in [2.24, 2.45) is 11.7 Å². The molecule has 3 heteroatoms. The van der Waals surface area contributed by atoms with Crippen LogP contribution in [0.1, 0.15) is 35.4 Å². The summed E-state index contributed by atoms with van der Waals surface area (Å²) in [5, 5.41) is 0. The molecule has 2 N–H and O–H groups in total. The maximum absolute atomic E-state index is 13.2. The van der Waals surface area contributed by atoms with Crippen LogP contribution in [0.3, 0.4) is 0 Å². The summed E-state index contributed by atoms with van der Waals surface area (Å²) in [6.07, 6.45) is 3.27. The molecule has 1 amide bonds. The van der Waals surface area contributed by atoms with Gasteiger partial charge < -0.3 is 10.6 Å². The molecule has 0 aromatic heterocycles. The van der Waals surface area contributed by atoms with E-state index in [1.807, 2.05) is 11.0 Å². The molecule has 5 rings (SSSR count). The van der Waals surface area contributed by atoms with Crippen molar-refractivity contribution >= 4 is 5.91 Å². The maximum Gasteiger partial charge on any atom is 0.226 e. The van der Waals surface area contributed by atoms with Crippen LogP contribution in [0.5, 0.6) is 0 Å². The zero-order valence-corrected chi connectivity index (χ0v) is 14.4. The average Bonchev–Trinajstić information content (AvgIpc) is 3.07. The number of carbonyl (C=O) groups excluding carboxylic acids is 1. The first-order chi connectivity index (χ1) is 12.2. The average molecular weight is 332 g/mol. The molecule has 1 spiro atoms. The predicted octanol–water partition coefficient (Wildman–Crippen LogP) is 2.84. The third kappa shape index (κ3) is 2.26. The molecule has 3 nitrogen and oxygen atoms in total. The smallest absolute Gasteiger partial charge is 0.226 e. The van der Waals surface area contributed by atoms with Gasteiger partial charge in [0.1, 0.15) is 0 Å². The Kier molecular flexibility index (Phi) is 3.29. The summed E-state index contributed by atoms with van der Waals surface area (Å²) >= 11 is 0. The lowest BCUT2D eigenvalue weighted by atomic mass is 9.94. The maximum atomic E-state index is 13.2. The number of amides is 1. The molecular formula is C22H24N2O. The molecular weight excluding hydrogens is 308 g/mol. The number of fused-ring (bicyclic) bond motifs is 2. The molecule has 3 aliphatic rings. The first-order valence-corrected chi connectivity index (χ1v) is 9.37. The fraction of sp³-hybridized carbons (Fsp3) is 0.409. The summed E-state index contributed by atoms with van der Waals surface area (Å²) < 4.78 is 0. The molecule has 1 saturated carbocycles. The van der Waals surface area contributed by atoms with Crippen molar-refractivity contribution in [1.29, 1.82) is 0 Å². The van der Waals surface area contributed by atoms with E-state index in [1.165, 1.54) is 16.7 Å². The lowest BCUT2D eigenvalue weighted by molar-refractivity contribution is -0.132. The number of likely N-dealkylation sites (tertiary alicyclic amines) is 1. The van der Waals surface area contributed by atoms with Crippen LogP contribution in [0.25, 0.3) is 0 Å². The van der Waals surface area contributed by atoms with Crippen LogP contribution in [0.4, 0.5) is 0 Å². The Balaban J connectivity index is 1.34. The van der Waals surface area contributed by atoms with Crippen LogP contribution in [0.15, 0.2) is 54.6 Å². The van der Waals surface area contributed by atoms with Crippen molar-refractivity contribution < 1.29 is 4.79 Å². The van der Waals surface area contributed by atoms with E-state index < -0.39 is 0 Å². The molecule has 2 aromatic carbocycles. The van der Waals surface area contributed by atoms with Crippen molar-refractivity contribution in [2.75, 3.05) is 13.1 Å². The second kappa shape index (κ2) is 5.43. The van der Waals surface area contributed by atoms with Crippen molar-refractivity contribution in [1.82, 2.24) is 4.90 Å². The quantitative estimate of drug-likeness (QED) is 0.919.